The fourth-order valence-corrected chi connectivity index (χ4v) is 2.26. The normalized spacial score (nSPS) is 10.3. The Morgan fingerprint density at radius 1 is 1.20 bits per heavy atom. The van der Waals surface area contributed by atoms with Crippen LogP contribution in [0, 0.1) is 0 Å². The Bertz CT molecular complexity index is 613. The zero-order valence-electron chi connectivity index (χ0n) is 11.3. The minimum Gasteiger partial charge on any atom is -0.397 e. The van der Waals surface area contributed by atoms with Gasteiger partial charge in [-0.15, -0.1) is 0 Å². The minimum atomic E-state index is -0.0905. The van der Waals surface area contributed by atoms with Gasteiger partial charge >= 0.3 is 0 Å². The van der Waals surface area contributed by atoms with E-state index in [1.807, 2.05) is 25.1 Å². The van der Waals surface area contributed by atoms with Gasteiger partial charge in [-0.1, -0.05) is 36.7 Å². The second kappa shape index (κ2) is 6.44. The molecule has 20 heavy (non-hydrogen) atoms. The Morgan fingerprint density at radius 3 is 2.60 bits per heavy atom. The third-order valence-electron chi connectivity index (χ3n) is 2.99. The third-order valence-corrected chi connectivity index (χ3v) is 3.23. The molecule has 0 heterocycles. The number of nitrogens with zero attached hydrogens (tertiary/aromatic N) is 1. The number of rotatable bonds is 4. The molecule has 4 heteroatoms. The van der Waals surface area contributed by atoms with Crippen LogP contribution < -0.4 is 10.6 Å². The quantitative estimate of drug-likeness (QED) is 0.865. The molecule has 0 fully saturated rings. The van der Waals surface area contributed by atoms with E-state index in [0.29, 0.717) is 22.8 Å². The number of halogens is 1. The molecule has 3 nitrogen and oxygen atoms in total. The van der Waals surface area contributed by atoms with Crippen molar-refractivity contribution in [3.05, 3.63) is 59.1 Å². The first-order valence-corrected chi connectivity index (χ1v) is 6.93. The van der Waals surface area contributed by atoms with Crippen LogP contribution in [-0.2, 0) is 0 Å². The maximum atomic E-state index is 12.7. The number of hydrogen-bond donors (Lipinski definition) is 1. The average molecular weight is 289 g/mol. The SMILES string of the molecule is CCCN(C(=O)c1cccc(Cl)c1)c1ccccc1N. The van der Waals surface area contributed by atoms with E-state index in [1.54, 1.807) is 35.2 Å². The number of benzene rings is 2. The van der Waals surface area contributed by atoms with Crippen molar-refractivity contribution >= 4 is 28.9 Å². The van der Waals surface area contributed by atoms with Crippen molar-refractivity contribution in [1.29, 1.82) is 0 Å². The van der Waals surface area contributed by atoms with Crippen LogP contribution in [0.2, 0.25) is 5.02 Å². The van der Waals surface area contributed by atoms with E-state index in [2.05, 4.69) is 0 Å². The number of carbonyl (C=O) groups is 1. The second-order valence-electron chi connectivity index (χ2n) is 4.53. The van der Waals surface area contributed by atoms with Gasteiger partial charge in [-0.05, 0) is 36.8 Å². The van der Waals surface area contributed by atoms with Gasteiger partial charge in [0.1, 0.15) is 0 Å². The maximum absolute atomic E-state index is 12.7. The number of nitrogen functional groups attached to an aromatic ring is 1. The van der Waals surface area contributed by atoms with Crippen LogP contribution in [0.3, 0.4) is 0 Å². The van der Waals surface area contributed by atoms with Gasteiger partial charge in [0.25, 0.3) is 5.91 Å². The maximum Gasteiger partial charge on any atom is 0.258 e. The highest BCUT2D eigenvalue weighted by Gasteiger charge is 2.18. The van der Waals surface area contributed by atoms with E-state index in [4.69, 9.17) is 17.3 Å². The summed E-state index contributed by atoms with van der Waals surface area (Å²) in [6, 6.07) is 14.3. The van der Waals surface area contributed by atoms with Gasteiger partial charge in [0.2, 0.25) is 0 Å². The van der Waals surface area contributed by atoms with Crippen molar-refractivity contribution in [2.45, 2.75) is 13.3 Å². The molecule has 0 atom stereocenters. The standard InChI is InChI=1S/C16H17ClN2O/c1-2-10-19(15-9-4-3-8-14(15)18)16(20)12-6-5-7-13(17)11-12/h3-9,11H,2,10,18H2,1H3. The summed E-state index contributed by atoms with van der Waals surface area (Å²) in [7, 11) is 0. The van der Waals surface area contributed by atoms with Crippen molar-refractivity contribution in [3.63, 3.8) is 0 Å². The summed E-state index contributed by atoms with van der Waals surface area (Å²) in [5.74, 6) is -0.0905. The molecule has 0 radical (unpaired) electrons. The zero-order valence-corrected chi connectivity index (χ0v) is 12.1. The smallest absolute Gasteiger partial charge is 0.258 e. The van der Waals surface area contributed by atoms with Crippen LogP contribution in [0.5, 0.6) is 0 Å². The second-order valence-corrected chi connectivity index (χ2v) is 4.96. The molecular formula is C16H17ClN2O. The molecule has 104 valence electrons. The summed E-state index contributed by atoms with van der Waals surface area (Å²) in [6.07, 6.45) is 0.848. The lowest BCUT2D eigenvalue weighted by molar-refractivity contribution is 0.0987. The predicted octanol–water partition coefficient (Wildman–Crippen LogP) is 3.98. The Balaban J connectivity index is 2.39. The number of para-hydroxylation sites is 2. The monoisotopic (exact) mass is 288 g/mol. The summed E-state index contributed by atoms with van der Waals surface area (Å²) in [4.78, 5) is 14.3. The molecule has 0 saturated carbocycles. The van der Waals surface area contributed by atoms with E-state index in [0.717, 1.165) is 12.1 Å². The molecule has 2 N–H and O–H groups in total. The lowest BCUT2D eigenvalue weighted by Crippen LogP contribution is -2.32. The van der Waals surface area contributed by atoms with Crippen molar-refractivity contribution in [1.82, 2.24) is 0 Å². The van der Waals surface area contributed by atoms with Crippen molar-refractivity contribution in [2.24, 2.45) is 0 Å². The van der Waals surface area contributed by atoms with Crippen molar-refractivity contribution in [2.75, 3.05) is 17.2 Å². The summed E-state index contributed by atoms with van der Waals surface area (Å²) >= 11 is 5.95. The Kier molecular flexibility index (Phi) is 4.64. The lowest BCUT2D eigenvalue weighted by Gasteiger charge is -2.23. The Hall–Kier alpha value is -2.00. The molecule has 2 rings (SSSR count). The molecular weight excluding hydrogens is 272 g/mol. The van der Waals surface area contributed by atoms with Gasteiger partial charge in [0.05, 0.1) is 11.4 Å². The number of hydrogen-bond acceptors (Lipinski definition) is 2. The lowest BCUT2D eigenvalue weighted by atomic mass is 10.1. The van der Waals surface area contributed by atoms with E-state index >= 15 is 0 Å². The molecule has 0 spiro atoms. The first-order valence-electron chi connectivity index (χ1n) is 6.55. The fourth-order valence-electron chi connectivity index (χ4n) is 2.07. The van der Waals surface area contributed by atoms with Gasteiger partial charge in [-0.3, -0.25) is 4.79 Å². The molecule has 0 aliphatic rings. The number of amides is 1. The van der Waals surface area contributed by atoms with Crippen LogP contribution in [-0.4, -0.2) is 12.5 Å². The van der Waals surface area contributed by atoms with Gasteiger partial charge in [0.15, 0.2) is 0 Å². The minimum absolute atomic E-state index is 0.0905. The molecule has 0 bridgehead atoms. The summed E-state index contributed by atoms with van der Waals surface area (Å²) in [5, 5.41) is 0.549. The van der Waals surface area contributed by atoms with Crippen LogP contribution in [0.4, 0.5) is 11.4 Å². The molecule has 0 aliphatic heterocycles. The highest BCUT2D eigenvalue weighted by Crippen LogP contribution is 2.25. The zero-order chi connectivity index (χ0) is 14.5. The van der Waals surface area contributed by atoms with Gasteiger partial charge < -0.3 is 10.6 Å². The first-order chi connectivity index (χ1) is 9.63. The Morgan fingerprint density at radius 2 is 1.95 bits per heavy atom. The highest BCUT2D eigenvalue weighted by atomic mass is 35.5. The molecule has 1 amide bonds. The number of carbonyl (C=O) groups excluding carboxylic acids is 1. The van der Waals surface area contributed by atoms with Gasteiger partial charge in [0, 0.05) is 17.1 Å². The van der Waals surface area contributed by atoms with E-state index in [9.17, 15) is 4.79 Å². The largest absolute Gasteiger partial charge is 0.397 e. The molecule has 0 aliphatic carbocycles. The van der Waals surface area contributed by atoms with Crippen LogP contribution in [0.1, 0.15) is 23.7 Å². The van der Waals surface area contributed by atoms with Crippen LogP contribution in [0.25, 0.3) is 0 Å². The Labute approximate surface area is 124 Å². The molecule has 0 aromatic heterocycles. The van der Waals surface area contributed by atoms with E-state index in [-0.39, 0.29) is 5.91 Å². The summed E-state index contributed by atoms with van der Waals surface area (Å²) in [6.45, 7) is 2.64. The summed E-state index contributed by atoms with van der Waals surface area (Å²) in [5.41, 5.74) is 7.87. The van der Waals surface area contributed by atoms with Crippen molar-refractivity contribution < 1.29 is 4.79 Å². The molecule has 2 aromatic rings. The average Bonchev–Trinajstić information content (AvgIpc) is 2.45. The van der Waals surface area contributed by atoms with E-state index < -0.39 is 0 Å². The third kappa shape index (κ3) is 3.11. The topological polar surface area (TPSA) is 46.3 Å². The predicted molar refractivity (Wildman–Crippen MR) is 84.3 cm³/mol. The fraction of sp³-hybridized carbons (Fsp3) is 0.188. The van der Waals surface area contributed by atoms with Gasteiger partial charge in [-0.25, -0.2) is 0 Å². The van der Waals surface area contributed by atoms with Gasteiger partial charge in [-0.2, -0.15) is 0 Å². The highest BCUT2D eigenvalue weighted by molar-refractivity contribution is 6.31. The molecule has 2 aromatic carbocycles. The molecule has 0 unspecified atom stereocenters. The van der Waals surface area contributed by atoms with Crippen LogP contribution in [0.15, 0.2) is 48.5 Å². The number of anilines is 2. The molecule has 0 saturated heterocycles. The summed E-state index contributed by atoms with van der Waals surface area (Å²) < 4.78 is 0. The van der Waals surface area contributed by atoms with Crippen molar-refractivity contribution in [3.8, 4) is 0 Å². The van der Waals surface area contributed by atoms with E-state index in [1.165, 1.54) is 0 Å². The van der Waals surface area contributed by atoms with Crippen LogP contribution >= 0.6 is 11.6 Å². The number of nitrogens with two attached hydrogens (primary N) is 1. The first kappa shape index (κ1) is 14.4.